The van der Waals surface area contributed by atoms with Crippen molar-refractivity contribution in [1.29, 1.82) is 0 Å². The van der Waals surface area contributed by atoms with Crippen molar-refractivity contribution in [3.05, 3.63) is 57.4 Å². The molecule has 3 aromatic rings. The predicted octanol–water partition coefficient (Wildman–Crippen LogP) is 2.46. The summed E-state index contributed by atoms with van der Waals surface area (Å²) in [6.45, 7) is 0.152. The van der Waals surface area contributed by atoms with Crippen LogP contribution < -0.4 is 11.1 Å². The molecule has 4 rings (SSSR count). The number of aryl methyl sites for hydroxylation is 1. The Balaban J connectivity index is 1.39. The number of fused-ring (bicyclic) bond motifs is 1. The summed E-state index contributed by atoms with van der Waals surface area (Å²) in [5.41, 5.74) is 1.85. The molecule has 134 valence electrons. The Morgan fingerprint density at radius 1 is 1.38 bits per heavy atom. The van der Waals surface area contributed by atoms with Gasteiger partial charge in [0.05, 0.1) is 17.5 Å². The summed E-state index contributed by atoms with van der Waals surface area (Å²) >= 11 is 1.43. The minimum Gasteiger partial charge on any atom is -0.508 e. The van der Waals surface area contributed by atoms with Crippen LogP contribution in [0.1, 0.15) is 30.0 Å². The molecule has 1 atom stereocenters. The van der Waals surface area contributed by atoms with Crippen molar-refractivity contribution < 1.29 is 14.3 Å². The highest BCUT2D eigenvalue weighted by molar-refractivity contribution is 7.13. The first kappa shape index (κ1) is 16.6. The maximum absolute atomic E-state index is 12.3. The SMILES string of the molecule is O=C(CCn1nc(-c2cccs2)oc1=O)N[C@H]1CCc2c(O)cccc21. The average Bonchev–Trinajstić information content (AvgIpc) is 3.34. The standard InChI is InChI=1S/C18H17N3O4S/c22-14-4-1-3-11-12(14)6-7-13(11)19-16(23)8-9-21-18(24)25-17(20-21)15-5-2-10-26-15/h1-5,10,13,22H,6-9H2,(H,19,23)/t13-/m0/s1. The third-order valence-electron chi connectivity index (χ3n) is 4.47. The van der Waals surface area contributed by atoms with Gasteiger partial charge in [0.15, 0.2) is 0 Å². The Kier molecular flexibility index (Phi) is 4.34. The summed E-state index contributed by atoms with van der Waals surface area (Å²) in [6.07, 6.45) is 1.62. The van der Waals surface area contributed by atoms with Gasteiger partial charge in [-0.2, -0.15) is 4.68 Å². The molecule has 0 fully saturated rings. The molecule has 26 heavy (non-hydrogen) atoms. The second-order valence-corrected chi connectivity index (χ2v) is 7.07. The number of aromatic hydroxyl groups is 1. The number of amides is 1. The lowest BCUT2D eigenvalue weighted by molar-refractivity contribution is -0.122. The van der Waals surface area contributed by atoms with Crippen LogP contribution in [0.3, 0.4) is 0 Å². The van der Waals surface area contributed by atoms with Gasteiger partial charge in [-0.15, -0.1) is 16.4 Å². The zero-order valence-corrected chi connectivity index (χ0v) is 14.7. The second-order valence-electron chi connectivity index (χ2n) is 6.13. The number of thiophene rings is 1. The first-order valence-electron chi connectivity index (χ1n) is 8.34. The van der Waals surface area contributed by atoms with E-state index in [-0.39, 0.29) is 36.6 Å². The van der Waals surface area contributed by atoms with Crippen LogP contribution in [0.2, 0.25) is 0 Å². The summed E-state index contributed by atoms with van der Waals surface area (Å²) in [5.74, 6) is -0.198. The van der Waals surface area contributed by atoms with Gasteiger partial charge in [0, 0.05) is 6.42 Å². The van der Waals surface area contributed by atoms with Crippen molar-refractivity contribution in [2.45, 2.75) is 31.8 Å². The van der Waals surface area contributed by atoms with Crippen molar-refractivity contribution in [3.63, 3.8) is 0 Å². The quantitative estimate of drug-likeness (QED) is 0.718. The molecule has 2 heterocycles. The zero-order chi connectivity index (χ0) is 18.1. The minimum atomic E-state index is -0.572. The summed E-state index contributed by atoms with van der Waals surface area (Å²) in [6, 6.07) is 8.91. The number of hydrogen-bond acceptors (Lipinski definition) is 6. The van der Waals surface area contributed by atoms with Crippen LogP contribution in [-0.4, -0.2) is 20.8 Å². The van der Waals surface area contributed by atoms with Gasteiger partial charge in [-0.1, -0.05) is 18.2 Å². The van der Waals surface area contributed by atoms with Crippen LogP contribution in [0.25, 0.3) is 10.8 Å². The van der Waals surface area contributed by atoms with Gasteiger partial charge in [-0.3, -0.25) is 4.79 Å². The summed E-state index contributed by atoms with van der Waals surface area (Å²) in [5, 5.41) is 18.9. The van der Waals surface area contributed by atoms with E-state index < -0.39 is 5.76 Å². The number of phenolic OH excluding ortho intramolecular Hbond substituents is 1. The molecule has 0 radical (unpaired) electrons. The van der Waals surface area contributed by atoms with Gasteiger partial charge in [-0.25, -0.2) is 4.79 Å². The molecule has 0 aliphatic heterocycles. The maximum atomic E-state index is 12.3. The van der Waals surface area contributed by atoms with Gasteiger partial charge in [0.25, 0.3) is 5.89 Å². The molecule has 1 aromatic carbocycles. The maximum Gasteiger partial charge on any atom is 0.437 e. The molecule has 0 bridgehead atoms. The Labute approximate surface area is 152 Å². The molecule has 0 saturated carbocycles. The molecule has 8 heteroatoms. The van der Waals surface area contributed by atoms with Crippen LogP contribution in [0.5, 0.6) is 5.75 Å². The van der Waals surface area contributed by atoms with E-state index in [0.29, 0.717) is 0 Å². The smallest absolute Gasteiger partial charge is 0.437 e. The number of benzene rings is 1. The molecule has 0 saturated heterocycles. The fraction of sp³-hybridized carbons (Fsp3) is 0.278. The number of nitrogens with one attached hydrogen (secondary N) is 1. The van der Waals surface area contributed by atoms with Crippen molar-refractivity contribution in [2.75, 3.05) is 0 Å². The van der Waals surface area contributed by atoms with E-state index in [1.807, 2.05) is 23.6 Å². The van der Waals surface area contributed by atoms with Gasteiger partial charge in [-0.05, 0) is 41.5 Å². The fourth-order valence-corrected chi connectivity index (χ4v) is 3.85. The van der Waals surface area contributed by atoms with Crippen LogP contribution in [0, 0.1) is 0 Å². The molecule has 0 unspecified atom stereocenters. The normalized spacial score (nSPS) is 15.8. The number of carbonyl (C=O) groups is 1. The van der Waals surface area contributed by atoms with Crippen molar-refractivity contribution in [2.24, 2.45) is 0 Å². The Morgan fingerprint density at radius 3 is 3.08 bits per heavy atom. The van der Waals surface area contributed by atoms with Crippen molar-refractivity contribution >= 4 is 17.2 Å². The van der Waals surface area contributed by atoms with Crippen LogP contribution in [0.4, 0.5) is 0 Å². The second kappa shape index (κ2) is 6.80. The van der Waals surface area contributed by atoms with Gasteiger partial charge < -0.3 is 14.8 Å². The van der Waals surface area contributed by atoms with E-state index in [9.17, 15) is 14.7 Å². The predicted molar refractivity (Wildman–Crippen MR) is 96.0 cm³/mol. The molecule has 1 aliphatic carbocycles. The van der Waals surface area contributed by atoms with E-state index >= 15 is 0 Å². The minimum absolute atomic E-state index is 0.111. The number of phenols is 1. The first-order valence-corrected chi connectivity index (χ1v) is 9.22. The highest BCUT2D eigenvalue weighted by Gasteiger charge is 2.25. The Morgan fingerprint density at radius 2 is 2.27 bits per heavy atom. The van der Waals surface area contributed by atoms with E-state index in [1.165, 1.54) is 16.0 Å². The monoisotopic (exact) mass is 371 g/mol. The van der Waals surface area contributed by atoms with Crippen molar-refractivity contribution in [3.8, 4) is 16.5 Å². The number of nitrogens with zero attached hydrogens (tertiary/aromatic N) is 2. The number of carbonyl (C=O) groups excluding carboxylic acids is 1. The molecule has 1 amide bonds. The Bertz CT molecular complexity index is 990. The molecular formula is C18H17N3O4S. The highest BCUT2D eigenvalue weighted by Crippen LogP contribution is 2.36. The molecule has 1 aliphatic rings. The van der Waals surface area contributed by atoms with E-state index in [2.05, 4.69) is 10.4 Å². The third kappa shape index (κ3) is 3.15. The largest absolute Gasteiger partial charge is 0.508 e. The number of rotatable bonds is 5. The Hall–Kier alpha value is -2.87. The van der Waals surface area contributed by atoms with Gasteiger partial charge >= 0.3 is 5.76 Å². The van der Waals surface area contributed by atoms with E-state index in [4.69, 9.17) is 4.42 Å². The lowest BCUT2D eigenvalue weighted by Gasteiger charge is -2.14. The number of hydrogen-bond donors (Lipinski definition) is 2. The van der Waals surface area contributed by atoms with E-state index in [1.54, 1.807) is 12.1 Å². The molecule has 2 N–H and O–H groups in total. The summed E-state index contributed by atoms with van der Waals surface area (Å²) in [4.78, 5) is 24.9. The van der Waals surface area contributed by atoms with Crippen LogP contribution >= 0.6 is 11.3 Å². The topological polar surface area (TPSA) is 97.4 Å². The molecule has 0 spiro atoms. The lowest BCUT2D eigenvalue weighted by atomic mass is 10.1. The molecule has 7 nitrogen and oxygen atoms in total. The van der Waals surface area contributed by atoms with E-state index in [0.717, 1.165) is 28.8 Å². The summed E-state index contributed by atoms with van der Waals surface area (Å²) < 4.78 is 6.30. The van der Waals surface area contributed by atoms with Gasteiger partial charge in [0.2, 0.25) is 5.91 Å². The number of aromatic nitrogens is 2. The van der Waals surface area contributed by atoms with Gasteiger partial charge in [0.1, 0.15) is 5.75 Å². The average molecular weight is 371 g/mol. The highest BCUT2D eigenvalue weighted by atomic mass is 32.1. The molecular weight excluding hydrogens is 354 g/mol. The first-order chi connectivity index (χ1) is 12.6. The van der Waals surface area contributed by atoms with Crippen LogP contribution in [0.15, 0.2) is 44.9 Å². The third-order valence-corrected chi connectivity index (χ3v) is 5.33. The zero-order valence-electron chi connectivity index (χ0n) is 13.8. The van der Waals surface area contributed by atoms with Crippen LogP contribution in [-0.2, 0) is 17.8 Å². The lowest BCUT2D eigenvalue weighted by Crippen LogP contribution is -2.29. The fourth-order valence-electron chi connectivity index (χ4n) is 3.21. The van der Waals surface area contributed by atoms with Crippen molar-refractivity contribution in [1.82, 2.24) is 15.1 Å². The summed E-state index contributed by atoms with van der Waals surface area (Å²) in [7, 11) is 0. The molecule has 2 aromatic heterocycles.